The van der Waals surface area contributed by atoms with Crippen molar-refractivity contribution in [3.8, 4) is 0 Å². The Hall–Kier alpha value is -2.30. The molecule has 21 heavy (non-hydrogen) atoms. The normalized spacial score (nSPS) is 12.9. The zero-order valence-electron chi connectivity index (χ0n) is 12.7. The molecule has 0 aliphatic heterocycles. The summed E-state index contributed by atoms with van der Waals surface area (Å²) >= 11 is 0. The fraction of sp³-hybridized carbons (Fsp3) is 0.375. The van der Waals surface area contributed by atoms with E-state index < -0.39 is 0 Å². The van der Waals surface area contributed by atoms with Crippen molar-refractivity contribution in [2.24, 2.45) is 5.41 Å². The monoisotopic (exact) mass is 286 g/mol. The first-order valence-corrected chi connectivity index (χ1v) is 6.98. The van der Waals surface area contributed by atoms with Gasteiger partial charge in [0.25, 0.3) is 5.91 Å². The summed E-state index contributed by atoms with van der Waals surface area (Å²) in [6.45, 7) is 7.01. The van der Waals surface area contributed by atoms with Gasteiger partial charge < -0.3 is 15.6 Å². The Labute approximate surface area is 125 Å². The lowest BCUT2D eigenvalue weighted by molar-refractivity contribution is 0.0892. The van der Waals surface area contributed by atoms with E-state index in [2.05, 4.69) is 31.1 Å². The molecule has 1 amide bonds. The molecule has 3 N–H and O–H groups in total. The molecule has 1 unspecified atom stereocenters. The third-order valence-electron chi connectivity index (χ3n) is 3.48. The molecule has 2 rings (SSSR count). The van der Waals surface area contributed by atoms with Crippen LogP contribution in [0.25, 0.3) is 0 Å². The minimum absolute atomic E-state index is 0.00301. The highest BCUT2D eigenvalue weighted by atomic mass is 16.1. The van der Waals surface area contributed by atoms with Gasteiger partial charge in [0.05, 0.1) is 12.4 Å². The Morgan fingerprint density at radius 3 is 2.52 bits per heavy atom. The lowest BCUT2D eigenvalue weighted by Gasteiger charge is -2.31. The van der Waals surface area contributed by atoms with Crippen molar-refractivity contribution >= 4 is 11.6 Å². The summed E-state index contributed by atoms with van der Waals surface area (Å²) in [5.41, 5.74) is 6.85. The number of nitrogens with one attached hydrogen (secondary N) is 1. The lowest BCUT2D eigenvalue weighted by atomic mass is 9.86. The number of rotatable bonds is 4. The minimum Gasteiger partial charge on any atom is -0.399 e. The average molecular weight is 286 g/mol. The molecule has 0 fully saturated rings. The molecule has 0 saturated heterocycles. The number of imidazole rings is 1. The van der Waals surface area contributed by atoms with Crippen LogP contribution in [0, 0.1) is 5.41 Å². The zero-order chi connectivity index (χ0) is 15.5. The molecule has 2 aromatic rings. The van der Waals surface area contributed by atoms with Gasteiger partial charge in [-0.25, -0.2) is 4.98 Å². The molecular weight excluding hydrogens is 264 g/mol. The summed E-state index contributed by atoms with van der Waals surface area (Å²) in [4.78, 5) is 16.4. The standard InChI is InChI=1S/C16H22N4O/c1-16(2,3)14(10-20-9-8-18-11-20)19-15(21)12-4-6-13(17)7-5-12/h4-9,11,14H,10,17H2,1-3H3,(H,19,21). The van der Waals surface area contributed by atoms with Gasteiger partial charge in [0, 0.05) is 30.2 Å². The Balaban J connectivity index is 2.11. The maximum atomic E-state index is 12.4. The summed E-state index contributed by atoms with van der Waals surface area (Å²) in [6, 6.07) is 6.94. The molecule has 0 bridgehead atoms. The van der Waals surface area contributed by atoms with Gasteiger partial charge in [-0.1, -0.05) is 20.8 Å². The number of nitrogen functional groups attached to an aromatic ring is 1. The molecule has 0 spiro atoms. The van der Waals surface area contributed by atoms with Crippen LogP contribution < -0.4 is 11.1 Å². The lowest BCUT2D eigenvalue weighted by Crippen LogP contribution is -2.46. The Morgan fingerprint density at radius 2 is 2.00 bits per heavy atom. The molecule has 0 saturated carbocycles. The van der Waals surface area contributed by atoms with Crippen LogP contribution in [0.2, 0.25) is 0 Å². The molecule has 0 aliphatic carbocycles. The topological polar surface area (TPSA) is 72.9 Å². The second-order valence-corrected chi connectivity index (χ2v) is 6.27. The van der Waals surface area contributed by atoms with Crippen LogP contribution in [0.3, 0.4) is 0 Å². The first kappa shape index (κ1) is 15.1. The van der Waals surface area contributed by atoms with Crippen molar-refractivity contribution in [2.75, 3.05) is 5.73 Å². The highest BCUT2D eigenvalue weighted by Gasteiger charge is 2.26. The quantitative estimate of drug-likeness (QED) is 0.847. The second-order valence-electron chi connectivity index (χ2n) is 6.27. The van der Waals surface area contributed by atoms with Gasteiger partial charge >= 0.3 is 0 Å². The molecule has 1 heterocycles. The van der Waals surface area contributed by atoms with Crippen LogP contribution >= 0.6 is 0 Å². The summed E-state index contributed by atoms with van der Waals surface area (Å²) in [7, 11) is 0. The molecule has 1 aromatic carbocycles. The van der Waals surface area contributed by atoms with Gasteiger partial charge in [-0.05, 0) is 29.7 Å². The van der Waals surface area contributed by atoms with E-state index in [-0.39, 0.29) is 17.4 Å². The fourth-order valence-corrected chi connectivity index (χ4v) is 2.02. The third kappa shape index (κ3) is 4.08. The van der Waals surface area contributed by atoms with Crippen molar-refractivity contribution in [1.29, 1.82) is 0 Å². The van der Waals surface area contributed by atoms with Crippen LogP contribution in [0.5, 0.6) is 0 Å². The number of carbonyl (C=O) groups excluding carboxylic acids is 1. The van der Waals surface area contributed by atoms with Crippen molar-refractivity contribution < 1.29 is 4.79 Å². The summed E-state index contributed by atoms with van der Waals surface area (Å²) < 4.78 is 1.97. The van der Waals surface area contributed by atoms with E-state index >= 15 is 0 Å². The van der Waals surface area contributed by atoms with Crippen LogP contribution in [-0.4, -0.2) is 21.5 Å². The Morgan fingerprint density at radius 1 is 1.33 bits per heavy atom. The maximum absolute atomic E-state index is 12.4. The van der Waals surface area contributed by atoms with E-state index in [1.165, 1.54) is 0 Å². The number of nitrogens with zero attached hydrogens (tertiary/aromatic N) is 2. The van der Waals surface area contributed by atoms with Crippen LogP contribution in [0.4, 0.5) is 5.69 Å². The molecular formula is C16H22N4O. The van der Waals surface area contributed by atoms with Crippen LogP contribution in [0.15, 0.2) is 43.0 Å². The number of carbonyl (C=O) groups is 1. The smallest absolute Gasteiger partial charge is 0.251 e. The zero-order valence-corrected chi connectivity index (χ0v) is 12.7. The van der Waals surface area contributed by atoms with Gasteiger partial charge in [0.1, 0.15) is 0 Å². The minimum atomic E-state index is -0.0879. The summed E-state index contributed by atoms with van der Waals surface area (Å²) in [5.74, 6) is -0.0879. The van der Waals surface area contributed by atoms with Gasteiger partial charge in [0.2, 0.25) is 0 Å². The molecule has 5 nitrogen and oxygen atoms in total. The van der Waals surface area contributed by atoms with Gasteiger partial charge in [-0.15, -0.1) is 0 Å². The average Bonchev–Trinajstić information content (AvgIpc) is 2.90. The third-order valence-corrected chi connectivity index (χ3v) is 3.48. The Bertz CT molecular complexity index is 582. The van der Waals surface area contributed by atoms with E-state index in [0.29, 0.717) is 17.8 Å². The summed E-state index contributed by atoms with van der Waals surface area (Å²) in [6.07, 6.45) is 5.39. The highest BCUT2D eigenvalue weighted by Crippen LogP contribution is 2.21. The molecule has 0 aliphatic rings. The molecule has 0 radical (unpaired) electrons. The number of hydrogen-bond acceptors (Lipinski definition) is 3. The van der Waals surface area contributed by atoms with Crippen LogP contribution in [-0.2, 0) is 6.54 Å². The van der Waals surface area contributed by atoms with Gasteiger partial charge in [-0.2, -0.15) is 0 Å². The van der Waals surface area contributed by atoms with Crippen molar-refractivity contribution in [3.63, 3.8) is 0 Å². The highest BCUT2D eigenvalue weighted by molar-refractivity contribution is 5.94. The van der Waals surface area contributed by atoms with E-state index in [1.807, 2.05) is 10.8 Å². The van der Waals surface area contributed by atoms with Crippen molar-refractivity contribution in [1.82, 2.24) is 14.9 Å². The van der Waals surface area contributed by atoms with E-state index in [9.17, 15) is 4.79 Å². The molecule has 1 atom stereocenters. The SMILES string of the molecule is CC(C)(C)C(Cn1ccnc1)NC(=O)c1ccc(N)cc1. The predicted molar refractivity (Wildman–Crippen MR) is 83.8 cm³/mol. The van der Waals surface area contributed by atoms with E-state index in [0.717, 1.165) is 0 Å². The number of aromatic nitrogens is 2. The maximum Gasteiger partial charge on any atom is 0.251 e. The second kappa shape index (κ2) is 5.99. The number of amides is 1. The number of nitrogens with two attached hydrogens (primary N) is 1. The first-order chi connectivity index (χ1) is 9.86. The molecule has 1 aromatic heterocycles. The Kier molecular flexibility index (Phi) is 4.31. The summed E-state index contributed by atoms with van der Waals surface area (Å²) in [5, 5.41) is 3.10. The predicted octanol–water partition coefficient (Wildman–Crippen LogP) is 2.31. The largest absolute Gasteiger partial charge is 0.399 e. The number of benzene rings is 1. The van der Waals surface area contributed by atoms with Crippen molar-refractivity contribution in [2.45, 2.75) is 33.4 Å². The number of hydrogen-bond donors (Lipinski definition) is 2. The van der Waals surface area contributed by atoms with Gasteiger partial charge in [0.15, 0.2) is 0 Å². The van der Waals surface area contributed by atoms with Crippen LogP contribution in [0.1, 0.15) is 31.1 Å². The van der Waals surface area contributed by atoms with Gasteiger partial charge in [-0.3, -0.25) is 4.79 Å². The molecule has 5 heteroatoms. The fourth-order valence-electron chi connectivity index (χ4n) is 2.02. The molecule has 112 valence electrons. The first-order valence-electron chi connectivity index (χ1n) is 6.98. The van der Waals surface area contributed by atoms with E-state index in [1.54, 1.807) is 36.8 Å². The number of anilines is 1. The van der Waals surface area contributed by atoms with Crippen molar-refractivity contribution in [3.05, 3.63) is 48.5 Å². The van der Waals surface area contributed by atoms with E-state index in [4.69, 9.17) is 5.73 Å².